The number of carbonyl (C=O) groups excluding carboxylic acids is 1. The predicted molar refractivity (Wildman–Crippen MR) is 97.2 cm³/mol. The highest BCUT2D eigenvalue weighted by atomic mass is 19.1. The van der Waals surface area contributed by atoms with Gasteiger partial charge in [0.2, 0.25) is 17.7 Å². The third kappa shape index (κ3) is 4.14. The summed E-state index contributed by atoms with van der Waals surface area (Å²) in [4.78, 5) is 14.3. The number of halogens is 1. The maximum absolute atomic E-state index is 13.0. The zero-order valence-corrected chi connectivity index (χ0v) is 14.8. The number of aryl methyl sites for hydroxylation is 2. The molecule has 0 aliphatic heterocycles. The van der Waals surface area contributed by atoms with Gasteiger partial charge in [-0.3, -0.25) is 4.79 Å². The minimum absolute atomic E-state index is 0.000341. The van der Waals surface area contributed by atoms with Crippen LogP contribution in [0.3, 0.4) is 0 Å². The SMILES string of the molecule is CCN(C(=O)CCc1nnc(-c2ccc(F)cc2)o1)c1cccc(C)c1. The summed E-state index contributed by atoms with van der Waals surface area (Å²) in [5.41, 5.74) is 2.64. The van der Waals surface area contributed by atoms with Gasteiger partial charge in [-0.1, -0.05) is 12.1 Å². The van der Waals surface area contributed by atoms with Crippen molar-refractivity contribution in [3.8, 4) is 11.5 Å². The molecule has 3 aromatic rings. The standard InChI is InChI=1S/C20H20FN3O2/c1-3-24(17-6-4-5-14(2)13-17)19(25)12-11-18-22-23-20(26-18)15-7-9-16(21)10-8-15/h4-10,13H,3,11-12H2,1-2H3. The topological polar surface area (TPSA) is 59.2 Å². The van der Waals surface area contributed by atoms with Gasteiger partial charge < -0.3 is 9.32 Å². The van der Waals surface area contributed by atoms with Crippen LogP contribution in [0.5, 0.6) is 0 Å². The Morgan fingerprint density at radius 2 is 1.92 bits per heavy atom. The minimum atomic E-state index is -0.324. The summed E-state index contributed by atoms with van der Waals surface area (Å²) in [6, 6.07) is 13.7. The summed E-state index contributed by atoms with van der Waals surface area (Å²) >= 11 is 0. The molecule has 2 aromatic carbocycles. The Bertz CT molecular complexity index is 890. The molecule has 0 unspecified atom stereocenters. The van der Waals surface area contributed by atoms with Crippen LogP contribution in [-0.2, 0) is 11.2 Å². The van der Waals surface area contributed by atoms with Crippen LogP contribution in [0.25, 0.3) is 11.5 Å². The molecule has 0 saturated carbocycles. The van der Waals surface area contributed by atoms with E-state index in [1.165, 1.54) is 12.1 Å². The van der Waals surface area contributed by atoms with E-state index in [1.807, 2.05) is 38.1 Å². The fraction of sp³-hybridized carbons (Fsp3) is 0.250. The van der Waals surface area contributed by atoms with Crippen LogP contribution in [0.2, 0.25) is 0 Å². The third-order valence-electron chi connectivity index (χ3n) is 4.04. The average Bonchev–Trinajstić information content (AvgIpc) is 3.10. The smallest absolute Gasteiger partial charge is 0.247 e. The van der Waals surface area contributed by atoms with E-state index < -0.39 is 0 Å². The Morgan fingerprint density at radius 3 is 2.62 bits per heavy atom. The summed E-state index contributed by atoms with van der Waals surface area (Å²) in [7, 11) is 0. The van der Waals surface area contributed by atoms with Gasteiger partial charge in [0.25, 0.3) is 0 Å². The molecule has 6 heteroatoms. The number of benzene rings is 2. The van der Waals surface area contributed by atoms with Crippen LogP contribution in [-0.4, -0.2) is 22.6 Å². The first-order valence-corrected chi connectivity index (χ1v) is 8.52. The number of aromatic nitrogens is 2. The molecule has 0 aliphatic rings. The van der Waals surface area contributed by atoms with Crippen molar-refractivity contribution in [1.29, 1.82) is 0 Å². The van der Waals surface area contributed by atoms with Crippen molar-refractivity contribution in [3.05, 3.63) is 65.8 Å². The highest BCUT2D eigenvalue weighted by Crippen LogP contribution is 2.20. The number of rotatable bonds is 6. The normalized spacial score (nSPS) is 10.7. The maximum atomic E-state index is 13.0. The molecule has 0 saturated heterocycles. The Balaban J connectivity index is 1.65. The van der Waals surface area contributed by atoms with Gasteiger partial charge in [-0.05, 0) is 55.8 Å². The first-order chi connectivity index (χ1) is 12.6. The average molecular weight is 353 g/mol. The highest BCUT2D eigenvalue weighted by Gasteiger charge is 2.16. The third-order valence-corrected chi connectivity index (χ3v) is 4.04. The molecule has 0 N–H and O–H groups in total. The van der Waals surface area contributed by atoms with E-state index in [1.54, 1.807) is 17.0 Å². The zero-order chi connectivity index (χ0) is 18.5. The quantitative estimate of drug-likeness (QED) is 0.667. The van der Waals surface area contributed by atoms with Crippen molar-refractivity contribution in [2.45, 2.75) is 26.7 Å². The maximum Gasteiger partial charge on any atom is 0.247 e. The second-order valence-electron chi connectivity index (χ2n) is 5.98. The van der Waals surface area contributed by atoms with Crippen LogP contribution in [0.15, 0.2) is 52.9 Å². The number of carbonyl (C=O) groups is 1. The van der Waals surface area contributed by atoms with Crippen LogP contribution in [0.4, 0.5) is 10.1 Å². The van der Waals surface area contributed by atoms with Crippen molar-refractivity contribution >= 4 is 11.6 Å². The van der Waals surface area contributed by atoms with Crippen molar-refractivity contribution in [1.82, 2.24) is 10.2 Å². The van der Waals surface area contributed by atoms with E-state index in [-0.39, 0.29) is 18.1 Å². The molecular formula is C20H20FN3O2. The predicted octanol–water partition coefficient (Wildman–Crippen LogP) is 4.17. The number of hydrogen-bond acceptors (Lipinski definition) is 4. The van der Waals surface area contributed by atoms with E-state index in [4.69, 9.17) is 4.42 Å². The van der Waals surface area contributed by atoms with Crippen molar-refractivity contribution < 1.29 is 13.6 Å². The van der Waals surface area contributed by atoms with Gasteiger partial charge in [0, 0.05) is 30.6 Å². The lowest BCUT2D eigenvalue weighted by molar-refractivity contribution is -0.118. The Kier molecular flexibility index (Phi) is 5.41. The molecule has 0 aliphatic carbocycles. The van der Waals surface area contributed by atoms with E-state index in [0.29, 0.717) is 30.3 Å². The fourth-order valence-corrected chi connectivity index (χ4v) is 2.71. The van der Waals surface area contributed by atoms with Crippen molar-refractivity contribution in [2.75, 3.05) is 11.4 Å². The number of anilines is 1. The van der Waals surface area contributed by atoms with E-state index >= 15 is 0 Å². The van der Waals surface area contributed by atoms with Gasteiger partial charge >= 0.3 is 0 Å². The first kappa shape index (κ1) is 17.8. The molecule has 134 valence electrons. The Morgan fingerprint density at radius 1 is 1.15 bits per heavy atom. The number of nitrogens with zero attached hydrogens (tertiary/aromatic N) is 3. The molecule has 0 atom stereocenters. The van der Waals surface area contributed by atoms with E-state index in [2.05, 4.69) is 10.2 Å². The van der Waals surface area contributed by atoms with Crippen molar-refractivity contribution in [2.24, 2.45) is 0 Å². The lowest BCUT2D eigenvalue weighted by Crippen LogP contribution is -2.30. The van der Waals surface area contributed by atoms with Gasteiger partial charge in [0.15, 0.2) is 0 Å². The number of hydrogen-bond donors (Lipinski definition) is 0. The first-order valence-electron chi connectivity index (χ1n) is 8.52. The van der Waals surface area contributed by atoms with Crippen molar-refractivity contribution in [3.63, 3.8) is 0 Å². The summed E-state index contributed by atoms with van der Waals surface area (Å²) in [6.07, 6.45) is 0.627. The largest absolute Gasteiger partial charge is 0.421 e. The number of amides is 1. The second kappa shape index (κ2) is 7.91. The molecule has 0 fully saturated rings. The lowest BCUT2D eigenvalue weighted by Gasteiger charge is -2.21. The van der Waals surface area contributed by atoms with Crippen LogP contribution in [0.1, 0.15) is 24.8 Å². The van der Waals surface area contributed by atoms with E-state index in [0.717, 1.165) is 11.3 Å². The van der Waals surface area contributed by atoms with Crippen LogP contribution in [0, 0.1) is 12.7 Å². The monoisotopic (exact) mass is 353 g/mol. The molecule has 0 radical (unpaired) electrons. The summed E-state index contributed by atoms with van der Waals surface area (Å²) < 4.78 is 18.6. The van der Waals surface area contributed by atoms with Gasteiger partial charge in [0.05, 0.1) is 0 Å². The molecule has 0 bridgehead atoms. The minimum Gasteiger partial charge on any atom is -0.421 e. The molecule has 5 nitrogen and oxygen atoms in total. The molecule has 1 aromatic heterocycles. The van der Waals surface area contributed by atoms with E-state index in [9.17, 15) is 9.18 Å². The molecule has 0 spiro atoms. The van der Waals surface area contributed by atoms with Crippen LogP contribution < -0.4 is 4.90 Å². The highest BCUT2D eigenvalue weighted by molar-refractivity contribution is 5.93. The summed E-state index contributed by atoms with van der Waals surface area (Å²) in [6.45, 7) is 4.53. The molecular weight excluding hydrogens is 333 g/mol. The lowest BCUT2D eigenvalue weighted by atomic mass is 10.2. The molecule has 1 heterocycles. The molecule has 3 rings (SSSR count). The zero-order valence-electron chi connectivity index (χ0n) is 14.8. The summed E-state index contributed by atoms with van der Waals surface area (Å²) in [5.74, 6) is 0.381. The fourth-order valence-electron chi connectivity index (χ4n) is 2.71. The Hall–Kier alpha value is -3.02. The van der Waals surface area contributed by atoms with Gasteiger partial charge in [-0.15, -0.1) is 10.2 Å². The van der Waals surface area contributed by atoms with Gasteiger partial charge in [0.1, 0.15) is 5.82 Å². The van der Waals surface area contributed by atoms with Crippen LogP contribution >= 0.6 is 0 Å². The second-order valence-corrected chi connectivity index (χ2v) is 5.98. The molecule has 1 amide bonds. The van der Waals surface area contributed by atoms with Gasteiger partial charge in [-0.25, -0.2) is 4.39 Å². The Labute approximate surface area is 151 Å². The summed E-state index contributed by atoms with van der Waals surface area (Å²) in [5, 5.41) is 7.94. The molecule has 26 heavy (non-hydrogen) atoms. The van der Waals surface area contributed by atoms with Gasteiger partial charge in [-0.2, -0.15) is 0 Å².